The van der Waals surface area contributed by atoms with Gasteiger partial charge in [-0.25, -0.2) is 0 Å². The van der Waals surface area contributed by atoms with E-state index in [2.05, 4.69) is 17.6 Å². The van der Waals surface area contributed by atoms with E-state index in [1.165, 1.54) is 0 Å². The van der Waals surface area contributed by atoms with Crippen molar-refractivity contribution in [2.45, 2.75) is 19.8 Å². The number of rotatable bonds is 9. The molecule has 0 radical (unpaired) electrons. The van der Waals surface area contributed by atoms with Gasteiger partial charge in [-0.2, -0.15) is 0 Å². The normalized spacial score (nSPS) is 14.2. The number of amides is 2. The van der Waals surface area contributed by atoms with E-state index >= 15 is 0 Å². The Kier molecular flexibility index (Phi) is 8.29. The van der Waals surface area contributed by atoms with Crippen molar-refractivity contribution in [2.24, 2.45) is 5.92 Å². The van der Waals surface area contributed by atoms with Crippen LogP contribution in [0.25, 0.3) is 0 Å². The average molecular weight is 426 g/mol. The molecule has 0 atom stereocenters. The van der Waals surface area contributed by atoms with Gasteiger partial charge < -0.3 is 25.0 Å². The lowest BCUT2D eigenvalue weighted by atomic mass is 9.98. The number of carbonyl (C=O) groups is 2. The molecule has 1 saturated heterocycles. The zero-order chi connectivity index (χ0) is 22.1. The van der Waals surface area contributed by atoms with Crippen LogP contribution in [0.15, 0.2) is 48.5 Å². The van der Waals surface area contributed by atoms with Gasteiger partial charge in [0.2, 0.25) is 5.91 Å². The maximum absolute atomic E-state index is 12.8. The maximum atomic E-state index is 12.8. The van der Waals surface area contributed by atoms with Crippen LogP contribution >= 0.6 is 0 Å². The van der Waals surface area contributed by atoms with Crippen molar-refractivity contribution in [1.82, 2.24) is 4.90 Å². The fourth-order valence-corrected chi connectivity index (χ4v) is 3.45. The molecule has 3 rings (SSSR count). The Labute approximate surface area is 183 Å². The number of anilines is 2. The molecular formula is C24H31N3O4. The summed E-state index contributed by atoms with van der Waals surface area (Å²) in [5, 5.41) is 5.94. The highest BCUT2D eigenvalue weighted by molar-refractivity contribution is 5.98. The summed E-state index contributed by atoms with van der Waals surface area (Å²) < 4.78 is 10.6. The minimum absolute atomic E-state index is 0.0198. The van der Waals surface area contributed by atoms with Crippen LogP contribution < -0.4 is 15.4 Å². The second kappa shape index (κ2) is 11.4. The molecule has 2 amide bonds. The molecular weight excluding hydrogens is 394 g/mol. The van der Waals surface area contributed by atoms with E-state index in [1.807, 2.05) is 29.2 Å². The van der Waals surface area contributed by atoms with E-state index in [1.54, 1.807) is 31.4 Å². The molecule has 1 fully saturated rings. The zero-order valence-corrected chi connectivity index (χ0v) is 18.2. The quantitative estimate of drug-likeness (QED) is 0.600. The molecule has 0 spiro atoms. The SMILES string of the molecule is COCCOc1cccc(NCC(=O)Nc2cccc(C(=O)N3CCC(C)CC3)c2)c1. The van der Waals surface area contributed by atoms with E-state index < -0.39 is 0 Å². The van der Waals surface area contributed by atoms with Crippen LogP contribution in [0.1, 0.15) is 30.1 Å². The van der Waals surface area contributed by atoms with Crippen LogP contribution in [0.3, 0.4) is 0 Å². The lowest BCUT2D eigenvalue weighted by molar-refractivity contribution is -0.114. The number of carbonyl (C=O) groups excluding carboxylic acids is 2. The Morgan fingerprint density at radius 1 is 1.03 bits per heavy atom. The van der Waals surface area contributed by atoms with Gasteiger partial charge in [0.25, 0.3) is 5.91 Å². The number of nitrogens with zero attached hydrogens (tertiary/aromatic N) is 1. The summed E-state index contributed by atoms with van der Waals surface area (Å²) in [6, 6.07) is 14.5. The average Bonchev–Trinajstić information content (AvgIpc) is 2.78. The Morgan fingerprint density at radius 3 is 2.55 bits per heavy atom. The predicted molar refractivity (Wildman–Crippen MR) is 122 cm³/mol. The fraction of sp³-hybridized carbons (Fsp3) is 0.417. The lowest BCUT2D eigenvalue weighted by Crippen LogP contribution is -2.37. The van der Waals surface area contributed by atoms with Crippen LogP contribution in [-0.4, -0.2) is 56.7 Å². The van der Waals surface area contributed by atoms with Gasteiger partial charge in [-0.1, -0.05) is 19.1 Å². The summed E-state index contributed by atoms with van der Waals surface area (Å²) in [5.74, 6) is 1.20. The molecule has 31 heavy (non-hydrogen) atoms. The van der Waals surface area contributed by atoms with Crippen molar-refractivity contribution >= 4 is 23.2 Å². The molecule has 0 bridgehead atoms. The molecule has 1 aliphatic rings. The van der Waals surface area contributed by atoms with E-state index in [9.17, 15) is 9.59 Å². The molecule has 2 aromatic rings. The standard InChI is InChI=1S/C24H31N3O4/c1-18-9-11-27(12-10-18)24(29)19-5-3-7-21(15-19)26-23(28)17-25-20-6-4-8-22(16-20)31-14-13-30-2/h3-8,15-16,18,25H,9-14,17H2,1-2H3,(H,26,28). The zero-order valence-electron chi connectivity index (χ0n) is 18.2. The lowest BCUT2D eigenvalue weighted by Gasteiger charge is -2.30. The first kappa shape index (κ1) is 22.6. The monoisotopic (exact) mass is 425 g/mol. The molecule has 166 valence electrons. The molecule has 0 unspecified atom stereocenters. The van der Waals surface area contributed by atoms with E-state index in [4.69, 9.17) is 9.47 Å². The molecule has 0 aromatic heterocycles. The van der Waals surface area contributed by atoms with Gasteiger partial charge in [0.15, 0.2) is 0 Å². The number of nitrogens with one attached hydrogen (secondary N) is 2. The second-order valence-corrected chi connectivity index (χ2v) is 7.83. The van der Waals surface area contributed by atoms with Crippen molar-refractivity contribution in [3.63, 3.8) is 0 Å². The molecule has 0 saturated carbocycles. The minimum Gasteiger partial charge on any atom is -0.491 e. The number of ether oxygens (including phenoxy) is 2. The number of piperidine rings is 1. The Hall–Kier alpha value is -3.06. The van der Waals surface area contributed by atoms with E-state index in [-0.39, 0.29) is 18.4 Å². The van der Waals surface area contributed by atoms with Gasteiger partial charge >= 0.3 is 0 Å². The first-order valence-electron chi connectivity index (χ1n) is 10.7. The highest BCUT2D eigenvalue weighted by Crippen LogP contribution is 2.20. The maximum Gasteiger partial charge on any atom is 0.253 e. The van der Waals surface area contributed by atoms with Crippen LogP contribution in [0.2, 0.25) is 0 Å². The molecule has 7 nitrogen and oxygen atoms in total. The number of benzene rings is 2. The van der Waals surface area contributed by atoms with Crippen LogP contribution in [0.4, 0.5) is 11.4 Å². The first-order valence-corrected chi connectivity index (χ1v) is 10.7. The molecule has 2 aromatic carbocycles. The molecule has 1 aliphatic heterocycles. The Morgan fingerprint density at radius 2 is 1.77 bits per heavy atom. The topological polar surface area (TPSA) is 79.9 Å². The molecule has 7 heteroatoms. The number of hydrogen-bond acceptors (Lipinski definition) is 5. The fourth-order valence-electron chi connectivity index (χ4n) is 3.45. The summed E-state index contributed by atoms with van der Waals surface area (Å²) >= 11 is 0. The molecule has 0 aliphatic carbocycles. The summed E-state index contributed by atoms with van der Waals surface area (Å²) in [5.41, 5.74) is 1.99. The highest BCUT2D eigenvalue weighted by atomic mass is 16.5. The smallest absolute Gasteiger partial charge is 0.253 e. The predicted octanol–water partition coefficient (Wildman–Crippen LogP) is 3.63. The van der Waals surface area contributed by atoms with Crippen molar-refractivity contribution < 1.29 is 19.1 Å². The van der Waals surface area contributed by atoms with Crippen LogP contribution in [-0.2, 0) is 9.53 Å². The minimum atomic E-state index is -0.192. The number of methoxy groups -OCH3 is 1. The third-order valence-electron chi connectivity index (χ3n) is 5.31. The second-order valence-electron chi connectivity index (χ2n) is 7.83. The van der Waals surface area contributed by atoms with Crippen molar-refractivity contribution in [2.75, 3.05) is 50.6 Å². The third-order valence-corrected chi connectivity index (χ3v) is 5.31. The van der Waals surface area contributed by atoms with Crippen LogP contribution in [0.5, 0.6) is 5.75 Å². The number of hydrogen-bond donors (Lipinski definition) is 2. The van der Waals surface area contributed by atoms with Gasteiger partial charge in [0, 0.05) is 43.2 Å². The summed E-state index contributed by atoms with van der Waals surface area (Å²) in [7, 11) is 1.62. The summed E-state index contributed by atoms with van der Waals surface area (Å²) in [4.78, 5) is 27.0. The Balaban J connectivity index is 1.51. The van der Waals surface area contributed by atoms with Crippen molar-refractivity contribution in [1.29, 1.82) is 0 Å². The molecule has 2 N–H and O–H groups in total. The van der Waals surface area contributed by atoms with Gasteiger partial charge in [0.1, 0.15) is 12.4 Å². The van der Waals surface area contributed by atoms with Crippen molar-refractivity contribution in [3.05, 3.63) is 54.1 Å². The summed E-state index contributed by atoms with van der Waals surface area (Å²) in [6.45, 7) is 4.87. The third kappa shape index (κ3) is 7.00. The molecule has 1 heterocycles. The first-order chi connectivity index (χ1) is 15.0. The van der Waals surface area contributed by atoms with Crippen molar-refractivity contribution in [3.8, 4) is 5.75 Å². The highest BCUT2D eigenvalue weighted by Gasteiger charge is 2.21. The largest absolute Gasteiger partial charge is 0.491 e. The summed E-state index contributed by atoms with van der Waals surface area (Å²) in [6.07, 6.45) is 2.07. The van der Waals surface area contributed by atoms with Gasteiger partial charge in [0.05, 0.1) is 13.2 Å². The number of likely N-dealkylation sites (tertiary alicyclic amines) is 1. The van der Waals surface area contributed by atoms with E-state index in [0.29, 0.717) is 36.1 Å². The van der Waals surface area contributed by atoms with Gasteiger partial charge in [-0.3, -0.25) is 9.59 Å². The van der Waals surface area contributed by atoms with Gasteiger partial charge in [-0.15, -0.1) is 0 Å². The van der Waals surface area contributed by atoms with Crippen LogP contribution in [0, 0.1) is 5.92 Å². The van der Waals surface area contributed by atoms with Gasteiger partial charge in [-0.05, 0) is 49.1 Å². The van der Waals surface area contributed by atoms with E-state index in [0.717, 1.165) is 31.6 Å². The Bertz CT molecular complexity index is 879.